The minimum absolute atomic E-state index is 0.0519. The zero-order valence-corrected chi connectivity index (χ0v) is 19.6. The number of nitrogens with one attached hydrogen (secondary N) is 1. The molecule has 0 atom stereocenters. The highest BCUT2D eigenvalue weighted by Crippen LogP contribution is 2.31. The second-order valence-corrected chi connectivity index (χ2v) is 7.89. The quantitative estimate of drug-likeness (QED) is 0.343. The van der Waals surface area contributed by atoms with E-state index < -0.39 is 11.9 Å². The molecule has 8 nitrogen and oxygen atoms in total. The Bertz CT molecular complexity index is 1400. The van der Waals surface area contributed by atoms with Crippen LogP contribution in [-0.4, -0.2) is 36.4 Å². The molecule has 35 heavy (non-hydrogen) atoms. The number of rotatable bonds is 8. The minimum Gasteiger partial charge on any atom is -0.496 e. The van der Waals surface area contributed by atoms with Crippen molar-refractivity contribution in [1.82, 2.24) is 10.5 Å². The van der Waals surface area contributed by atoms with Gasteiger partial charge >= 0.3 is 5.97 Å². The summed E-state index contributed by atoms with van der Waals surface area (Å²) in [6, 6.07) is 18.9. The summed E-state index contributed by atoms with van der Waals surface area (Å²) in [5.74, 6) is -0.302. The number of carbonyl (C=O) groups is 2. The van der Waals surface area contributed by atoms with Gasteiger partial charge in [-0.15, -0.1) is 0 Å². The summed E-state index contributed by atoms with van der Waals surface area (Å²) >= 11 is 6.19. The van der Waals surface area contributed by atoms with Crippen LogP contribution in [0.4, 0.5) is 0 Å². The fourth-order valence-corrected chi connectivity index (χ4v) is 3.82. The molecule has 0 saturated carbocycles. The van der Waals surface area contributed by atoms with Crippen LogP contribution >= 0.6 is 11.6 Å². The Morgan fingerprint density at radius 2 is 1.66 bits per heavy atom. The van der Waals surface area contributed by atoms with Gasteiger partial charge < -0.3 is 24.4 Å². The number of carboxylic acid groups (broad SMARTS) is 1. The van der Waals surface area contributed by atoms with Crippen molar-refractivity contribution in [3.05, 3.63) is 88.6 Å². The average Bonchev–Trinajstić information content (AvgIpc) is 3.37. The first-order valence-electron chi connectivity index (χ1n) is 10.5. The van der Waals surface area contributed by atoms with Gasteiger partial charge in [0.25, 0.3) is 5.91 Å². The molecule has 0 aliphatic heterocycles. The second-order valence-electron chi connectivity index (χ2n) is 7.49. The van der Waals surface area contributed by atoms with Gasteiger partial charge in [-0.1, -0.05) is 41.0 Å². The van der Waals surface area contributed by atoms with Crippen molar-refractivity contribution in [2.45, 2.75) is 6.54 Å². The Kier molecular flexibility index (Phi) is 7.03. The first kappa shape index (κ1) is 23.8. The fourth-order valence-electron chi connectivity index (χ4n) is 3.59. The smallest absolute Gasteiger partial charge is 0.339 e. The standard InChI is InChI=1S/C26H21ClN2O6/c1-33-22-9-7-15(16-8-10-23(34-2)19(12-16)26(31)32)11-17(22)14-28-25(30)21-13-24(35-29-21)18-5-3-4-6-20(18)27/h3-13H,14H2,1-2H3,(H,28,30)(H,31,32). The number of carboxylic acids is 1. The van der Waals surface area contributed by atoms with Crippen LogP contribution in [0.2, 0.25) is 5.02 Å². The van der Waals surface area contributed by atoms with E-state index in [1.807, 2.05) is 18.2 Å². The van der Waals surface area contributed by atoms with E-state index >= 15 is 0 Å². The highest BCUT2D eigenvalue weighted by Gasteiger charge is 2.17. The Balaban J connectivity index is 1.55. The maximum absolute atomic E-state index is 12.7. The lowest BCUT2D eigenvalue weighted by Gasteiger charge is -2.13. The molecule has 0 bridgehead atoms. The van der Waals surface area contributed by atoms with E-state index in [9.17, 15) is 14.7 Å². The number of aromatic carboxylic acids is 1. The maximum Gasteiger partial charge on any atom is 0.339 e. The third-order valence-corrected chi connectivity index (χ3v) is 5.69. The maximum atomic E-state index is 12.7. The Labute approximate surface area is 206 Å². The topological polar surface area (TPSA) is 111 Å². The molecule has 4 aromatic rings. The van der Waals surface area contributed by atoms with Gasteiger partial charge in [0.15, 0.2) is 11.5 Å². The molecule has 0 saturated heterocycles. The Morgan fingerprint density at radius 3 is 2.34 bits per heavy atom. The Morgan fingerprint density at radius 1 is 0.971 bits per heavy atom. The van der Waals surface area contributed by atoms with Crippen molar-refractivity contribution in [2.75, 3.05) is 14.2 Å². The van der Waals surface area contributed by atoms with Crippen LogP contribution in [0, 0.1) is 0 Å². The molecule has 9 heteroatoms. The molecule has 0 fully saturated rings. The van der Waals surface area contributed by atoms with E-state index in [0.717, 1.165) is 5.56 Å². The van der Waals surface area contributed by atoms with Crippen molar-refractivity contribution < 1.29 is 28.7 Å². The summed E-state index contributed by atoms with van der Waals surface area (Å²) in [6.07, 6.45) is 0. The van der Waals surface area contributed by atoms with Crippen molar-refractivity contribution >= 4 is 23.5 Å². The van der Waals surface area contributed by atoms with Gasteiger partial charge in [0.1, 0.15) is 17.1 Å². The van der Waals surface area contributed by atoms with E-state index in [2.05, 4.69) is 10.5 Å². The molecule has 1 aromatic heterocycles. The van der Waals surface area contributed by atoms with E-state index in [-0.39, 0.29) is 23.6 Å². The van der Waals surface area contributed by atoms with Gasteiger partial charge in [0, 0.05) is 23.7 Å². The fraction of sp³-hybridized carbons (Fsp3) is 0.115. The Hall–Kier alpha value is -4.30. The number of amides is 1. The van der Waals surface area contributed by atoms with Gasteiger partial charge in [-0.2, -0.15) is 0 Å². The summed E-state index contributed by atoms with van der Waals surface area (Å²) in [5.41, 5.74) is 2.92. The number of aromatic nitrogens is 1. The highest BCUT2D eigenvalue weighted by molar-refractivity contribution is 6.33. The third-order valence-electron chi connectivity index (χ3n) is 5.37. The molecule has 1 amide bonds. The van der Waals surface area contributed by atoms with Gasteiger partial charge in [0.2, 0.25) is 0 Å². The van der Waals surface area contributed by atoms with E-state index in [1.54, 1.807) is 36.4 Å². The molecule has 0 aliphatic carbocycles. The van der Waals surface area contributed by atoms with Gasteiger partial charge in [-0.25, -0.2) is 4.79 Å². The van der Waals surface area contributed by atoms with Gasteiger partial charge in [-0.3, -0.25) is 4.79 Å². The zero-order chi connectivity index (χ0) is 24.9. The van der Waals surface area contributed by atoms with Crippen LogP contribution in [0.15, 0.2) is 71.3 Å². The van der Waals surface area contributed by atoms with Crippen LogP contribution in [-0.2, 0) is 6.54 Å². The lowest BCUT2D eigenvalue weighted by molar-refractivity contribution is 0.0693. The lowest BCUT2D eigenvalue weighted by Crippen LogP contribution is -2.23. The van der Waals surface area contributed by atoms with Crippen LogP contribution in [0.5, 0.6) is 11.5 Å². The zero-order valence-electron chi connectivity index (χ0n) is 18.9. The number of carbonyl (C=O) groups excluding carboxylic acids is 1. The number of benzene rings is 3. The van der Waals surface area contributed by atoms with E-state index in [4.69, 9.17) is 25.6 Å². The van der Waals surface area contributed by atoms with Crippen molar-refractivity contribution in [2.24, 2.45) is 0 Å². The predicted octanol–water partition coefficient (Wildman–Crippen LogP) is 5.31. The van der Waals surface area contributed by atoms with Crippen LogP contribution in [0.25, 0.3) is 22.5 Å². The van der Waals surface area contributed by atoms with Crippen molar-refractivity contribution in [1.29, 1.82) is 0 Å². The SMILES string of the molecule is COc1ccc(-c2ccc(OC)c(C(=O)O)c2)cc1CNC(=O)c1cc(-c2ccccc2Cl)on1. The lowest BCUT2D eigenvalue weighted by atomic mass is 10.00. The second kappa shape index (κ2) is 10.3. The summed E-state index contributed by atoms with van der Waals surface area (Å²) in [7, 11) is 2.95. The number of nitrogens with zero attached hydrogens (tertiary/aromatic N) is 1. The molecule has 2 N–H and O–H groups in total. The molecule has 0 radical (unpaired) electrons. The van der Waals surface area contributed by atoms with Crippen LogP contribution < -0.4 is 14.8 Å². The normalized spacial score (nSPS) is 10.6. The van der Waals surface area contributed by atoms with E-state index in [0.29, 0.717) is 33.2 Å². The van der Waals surface area contributed by atoms with Crippen molar-refractivity contribution in [3.63, 3.8) is 0 Å². The monoisotopic (exact) mass is 492 g/mol. The molecule has 1 heterocycles. The van der Waals surface area contributed by atoms with Gasteiger partial charge in [0.05, 0.1) is 19.2 Å². The number of halogens is 1. The molecular formula is C26H21ClN2O6. The largest absolute Gasteiger partial charge is 0.496 e. The summed E-state index contributed by atoms with van der Waals surface area (Å²) < 4.78 is 15.9. The first-order valence-corrected chi connectivity index (χ1v) is 10.9. The number of hydrogen-bond acceptors (Lipinski definition) is 6. The summed E-state index contributed by atoms with van der Waals surface area (Å²) in [5, 5.41) is 16.6. The van der Waals surface area contributed by atoms with Crippen LogP contribution in [0.1, 0.15) is 26.4 Å². The molecule has 3 aromatic carbocycles. The first-order chi connectivity index (χ1) is 16.9. The van der Waals surface area contributed by atoms with Crippen molar-refractivity contribution in [3.8, 4) is 33.9 Å². The molecular weight excluding hydrogens is 472 g/mol. The van der Waals surface area contributed by atoms with E-state index in [1.165, 1.54) is 26.4 Å². The van der Waals surface area contributed by atoms with Gasteiger partial charge in [-0.05, 0) is 47.5 Å². The van der Waals surface area contributed by atoms with Crippen LogP contribution in [0.3, 0.4) is 0 Å². The summed E-state index contributed by atoms with van der Waals surface area (Å²) in [4.78, 5) is 24.3. The average molecular weight is 493 g/mol. The molecule has 178 valence electrons. The highest BCUT2D eigenvalue weighted by atomic mass is 35.5. The predicted molar refractivity (Wildman–Crippen MR) is 130 cm³/mol. The molecule has 0 aliphatic rings. The minimum atomic E-state index is -1.09. The molecule has 0 spiro atoms. The number of ether oxygens (including phenoxy) is 2. The third kappa shape index (κ3) is 5.12. The number of hydrogen-bond donors (Lipinski definition) is 2. The molecule has 4 rings (SSSR count). The number of methoxy groups -OCH3 is 2. The summed E-state index contributed by atoms with van der Waals surface area (Å²) in [6.45, 7) is 0.145. The molecule has 0 unspecified atom stereocenters.